The molecule has 3 rings (SSSR count). The Bertz CT molecular complexity index is 971. The summed E-state index contributed by atoms with van der Waals surface area (Å²) in [4.78, 5) is 37.9. The van der Waals surface area contributed by atoms with Gasteiger partial charge in [-0.2, -0.15) is 0 Å². The highest BCUT2D eigenvalue weighted by molar-refractivity contribution is 8.18. The molecule has 3 amide bonds. The molecule has 7 heteroatoms. The minimum absolute atomic E-state index is 0.158. The topological polar surface area (TPSA) is 66.5 Å². The number of hydrogen-bond donors (Lipinski definition) is 1. The molecule has 0 atom stereocenters. The van der Waals surface area contributed by atoms with Gasteiger partial charge in [0.1, 0.15) is 12.4 Å². The molecule has 2 aromatic carbocycles. The van der Waals surface area contributed by atoms with Crippen molar-refractivity contribution in [1.29, 1.82) is 0 Å². The van der Waals surface area contributed by atoms with Crippen molar-refractivity contribution < 1.29 is 18.8 Å². The lowest BCUT2D eigenvalue weighted by Gasteiger charge is -2.14. The number of benzene rings is 2. The van der Waals surface area contributed by atoms with Crippen molar-refractivity contribution in [2.24, 2.45) is 0 Å². The number of aryl methyl sites for hydroxylation is 2. The number of carbonyl (C=O) groups excluding carboxylic acids is 3. The van der Waals surface area contributed by atoms with Crippen molar-refractivity contribution in [1.82, 2.24) is 4.90 Å². The summed E-state index contributed by atoms with van der Waals surface area (Å²) >= 11 is 0.732. The van der Waals surface area contributed by atoms with E-state index >= 15 is 0 Å². The van der Waals surface area contributed by atoms with Crippen LogP contribution >= 0.6 is 11.8 Å². The lowest BCUT2D eigenvalue weighted by Crippen LogP contribution is -2.36. The van der Waals surface area contributed by atoms with Gasteiger partial charge in [-0.15, -0.1) is 0 Å². The summed E-state index contributed by atoms with van der Waals surface area (Å²) in [7, 11) is 0. The van der Waals surface area contributed by atoms with Crippen LogP contribution in [0.25, 0.3) is 6.08 Å². The van der Waals surface area contributed by atoms with Crippen LogP contribution in [-0.4, -0.2) is 28.5 Å². The molecule has 0 aliphatic carbocycles. The summed E-state index contributed by atoms with van der Waals surface area (Å²) in [6.07, 6.45) is 1.44. The quantitative estimate of drug-likeness (QED) is 0.806. The summed E-state index contributed by atoms with van der Waals surface area (Å²) in [6, 6.07) is 11.3. The van der Waals surface area contributed by atoms with Crippen molar-refractivity contribution in [3.8, 4) is 0 Å². The maximum atomic E-state index is 13.3. The van der Waals surface area contributed by atoms with Crippen molar-refractivity contribution in [2.75, 3.05) is 11.9 Å². The molecule has 0 saturated carbocycles. The Labute approximate surface area is 160 Å². The van der Waals surface area contributed by atoms with E-state index < -0.39 is 22.9 Å². The van der Waals surface area contributed by atoms with Crippen molar-refractivity contribution >= 4 is 40.6 Å². The molecule has 0 unspecified atom stereocenters. The average Bonchev–Trinajstić information content (AvgIpc) is 2.86. The normalized spacial score (nSPS) is 15.5. The van der Waals surface area contributed by atoms with Gasteiger partial charge in [0.2, 0.25) is 5.91 Å². The molecule has 1 fully saturated rings. The molecule has 0 spiro atoms. The molecule has 138 valence electrons. The smallest absolute Gasteiger partial charge is 0.294 e. The lowest BCUT2D eigenvalue weighted by atomic mass is 10.1. The summed E-state index contributed by atoms with van der Waals surface area (Å²) in [5.74, 6) is -1.46. The third-order valence-electron chi connectivity index (χ3n) is 3.99. The van der Waals surface area contributed by atoms with Gasteiger partial charge in [0.25, 0.3) is 11.1 Å². The number of rotatable bonds is 4. The first-order valence-electron chi connectivity index (χ1n) is 8.21. The summed E-state index contributed by atoms with van der Waals surface area (Å²) in [6.45, 7) is 3.39. The van der Waals surface area contributed by atoms with E-state index in [9.17, 15) is 18.8 Å². The van der Waals surface area contributed by atoms with Gasteiger partial charge >= 0.3 is 0 Å². The second-order valence-electron chi connectivity index (χ2n) is 6.19. The number of carbonyl (C=O) groups is 3. The fourth-order valence-corrected chi connectivity index (χ4v) is 3.43. The van der Waals surface area contributed by atoms with Crippen LogP contribution in [-0.2, 0) is 9.59 Å². The van der Waals surface area contributed by atoms with Crippen LogP contribution in [0.15, 0.2) is 47.4 Å². The van der Waals surface area contributed by atoms with Gasteiger partial charge in [-0.05, 0) is 66.6 Å². The highest BCUT2D eigenvalue weighted by Gasteiger charge is 2.36. The molecule has 0 bridgehead atoms. The Morgan fingerprint density at radius 2 is 1.96 bits per heavy atom. The second kappa shape index (κ2) is 7.75. The molecule has 0 radical (unpaired) electrons. The Hall–Kier alpha value is -2.93. The third-order valence-corrected chi connectivity index (χ3v) is 4.90. The van der Waals surface area contributed by atoms with E-state index in [2.05, 4.69) is 5.32 Å². The Kier molecular flexibility index (Phi) is 5.41. The molecule has 1 N–H and O–H groups in total. The number of imide groups is 1. The Balaban J connectivity index is 1.72. The fraction of sp³-hybridized carbons (Fsp3) is 0.150. The van der Waals surface area contributed by atoms with Gasteiger partial charge in [-0.25, -0.2) is 4.39 Å². The van der Waals surface area contributed by atoms with Crippen molar-refractivity contribution in [3.63, 3.8) is 0 Å². The first-order valence-corrected chi connectivity index (χ1v) is 9.03. The van der Waals surface area contributed by atoms with Crippen LogP contribution in [0.5, 0.6) is 0 Å². The number of nitrogens with zero attached hydrogens (tertiary/aromatic N) is 1. The highest BCUT2D eigenvalue weighted by Crippen LogP contribution is 2.32. The van der Waals surface area contributed by atoms with Crippen LogP contribution in [0.1, 0.15) is 16.7 Å². The first kappa shape index (κ1) is 18.8. The van der Waals surface area contributed by atoms with Crippen LogP contribution in [0.4, 0.5) is 14.9 Å². The van der Waals surface area contributed by atoms with E-state index in [1.54, 1.807) is 6.07 Å². The molecule has 0 aromatic heterocycles. The van der Waals surface area contributed by atoms with Crippen molar-refractivity contribution in [3.05, 3.63) is 69.9 Å². The van der Waals surface area contributed by atoms with Gasteiger partial charge < -0.3 is 5.32 Å². The van der Waals surface area contributed by atoms with Crippen LogP contribution in [0.2, 0.25) is 0 Å². The van der Waals surface area contributed by atoms with E-state index in [1.807, 2.05) is 32.0 Å². The predicted octanol–water partition coefficient (Wildman–Crippen LogP) is 4.12. The lowest BCUT2D eigenvalue weighted by molar-refractivity contribution is -0.127. The van der Waals surface area contributed by atoms with Gasteiger partial charge in [0.05, 0.1) is 4.91 Å². The zero-order valence-electron chi connectivity index (χ0n) is 14.8. The van der Waals surface area contributed by atoms with Crippen molar-refractivity contribution in [2.45, 2.75) is 13.8 Å². The van der Waals surface area contributed by atoms with Gasteiger partial charge in [0, 0.05) is 5.69 Å². The monoisotopic (exact) mass is 384 g/mol. The van der Waals surface area contributed by atoms with E-state index in [0.717, 1.165) is 27.8 Å². The molecule has 1 saturated heterocycles. The molecule has 2 aromatic rings. The van der Waals surface area contributed by atoms with Crippen LogP contribution in [0.3, 0.4) is 0 Å². The maximum absolute atomic E-state index is 13.3. The third kappa shape index (κ3) is 4.43. The standard InChI is InChI=1S/C20H17FN2O3S/c1-12-6-7-13(2)16(8-12)22-18(24)11-23-19(25)17(27-20(23)26)10-14-4-3-5-15(21)9-14/h3-10H,11H2,1-2H3,(H,22,24)/b17-10+. The van der Waals surface area contributed by atoms with Gasteiger partial charge in [-0.3, -0.25) is 19.3 Å². The molecule has 27 heavy (non-hydrogen) atoms. The zero-order valence-corrected chi connectivity index (χ0v) is 15.6. The average molecular weight is 384 g/mol. The summed E-state index contributed by atoms with van der Waals surface area (Å²) in [5.41, 5.74) is 2.98. The number of nitrogens with one attached hydrogen (secondary N) is 1. The van der Waals surface area contributed by atoms with E-state index in [4.69, 9.17) is 0 Å². The molecular formula is C20H17FN2O3S. The predicted molar refractivity (Wildman–Crippen MR) is 104 cm³/mol. The molecule has 1 heterocycles. The number of hydrogen-bond acceptors (Lipinski definition) is 4. The minimum Gasteiger partial charge on any atom is -0.324 e. The van der Waals surface area contributed by atoms with Crippen LogP contribution < -0.4 is 5.32 Å². The molecule has 5 nitrogen and oxygen atoms in total. The van der Waals surface area contributed by atoms with Crippen LogP contribution in [0, 0.1) is 19.7 Å². The molecular weight excluding hydrogens is 367 g/mol. The number of thioether (sulfide) groups is 1. The number of anilines is 1. The summed E-state index contributed by atoms with van der Waals surface area (Å²) in [5, 5.41) is 2.20. The zero-order chi connectivity index (χ0) is 19.6. The number of amides is 3. The Morgan fingerprint density at radius 1 is 1.19 bits per heavy atom. The SMILES string of the molecule is Cc1ccc(C)c(NC(=O)CN2C(=O)S/C(=C/c3cccc(F)c3)C2=O)c1. The Morgan fingerprint density at radius 3 is 2.70 bits per heavy atom. The van der Waals surface area contributed by atoms with E-state index in [-0.39, 0.29) is 11.4 Å². The minimum atomic E-state index is -0.564. The molecule has 1 aliphatic heterocycles. The largest absolute Gasteiger partial charge is 0.324 e. The second-order valence-corrected chi connectivity index (χ2v) is 7.18. The summed E-state index contributed by atoms with van der Waals surface area (Å²) < 4.78 is 13.3. The number of halogens is 1. The highest BCUT2D eigenvalue weighted by atomic mass is 32.2. The van der Waals surface area contributed by atoms with E-state index in [1.165, 1.54) is 24.3 Å². The maximum Gasteiger partial charge on any atom is 0.294 e. The first-order chi connectivity index (χ1) is 12.8. The van der Waals surface area contributed by atoms with Gasteiger partial charge in [0.15, 0.2) is 0 Å². The molecule has 1 aliphatic rings. The van der Waals surface area contributed by atoms with E-state index in [0.29, 0.717) is 11.3 Å². The fourth-order valence-electron chi connectivity index (χ4n) is 2.59. The van der Waals surface area contributed by atoms with Gasteiger partial charge in [-0.1, -0.05) is 24.3 Å².